The van der Waals surface area contributed by atoms with Crippen LogP contribution in [0.2, 0.25) is 0 Å². The highest BCUT2D eigenvalue weighted by molar-refractivity contribution is 5.92. The number of rotatable bonds is 7. The molecule has 9 nitrogen and oxygen atoms in total. The topological polar surface area (TPSA) is 98.5 Å². The maximum absolute atomic E-state index is 13.0. The fourth-order valence-corrected chi connectivity index (χ4v) is 4.85. The largest absolute Gasteiger partial charge is 0.469 e. The van der Waals surface area contributed by atoms with Crippen LogP contribution in [0.15, 0.2) is 46.9 Å². The Kier molecular flexibility index (Phi) is 6.69. The molecule has 4 rings (SSSR count). The third-order valence-electron chi connectivity index (χ3n) is 6.54. The summed E-state index contributed by atoms with van der Waals surface area (Å²) in [5.74, 6) is -0.265. The summed E-state index contributed by atoms with van der Waals surface area (Å²) in [6, 6.07) is 12.4. The molecule has 2 aliphatic rings. The van der Waals surface area contributed by atoms with E-state index in [4.69, 9.17) is 18.6 Å². The number of benzene rings is 1. The van der Waals surface area contributed by atoms with Crippen LogP contribution in [0.1, 0.15) is 29.8 Å². The number of hydrogen-bond donors (Lipinski definition) is 0. The number of furan rings is 1. The quantitative estimate of drug-likeness (QED) is 0.591. The molecule has 176 valence electrons. The first-order chi connectivity index (χ1) is 16.0. The molecule has 2 fully saturated rings. The molecule has 2 aromatic rings. The molecule has 0 radical (unpaired) electrons. The first kappa shape index (κ1) is 22.8. The molecule has 9 heteroatoms. The molecule has 33 heavy (non-hydrogen) atoms. The normalized spacial score (nSPS) is 19.7. The van der Waals surface area contributed by atoms with Crippen LogP contribution in [-0.4, -0.2) is 73.6 Å². The van der Waals surface area contributed by atoms with Crippen molar-refractivity contribution < 1.29 is 33.0 Å². The Balaban J connectivity index is 1.45. The molecule has 1 aromatic heterocycles. The van der Waals surface area contributed by atoms with E-state index in [9.17, 15) is 14.4 Å². The smallest absolute Gasteiger partial charge is 0.311 e. The van der Waals surface area contributed by atoms with E-state index >= 15 is 0 Å². The van der Waals surface area contributed by atoms with Crippen LogP contribution >= 0.6 is 0 Å². The van der Waals surface area contributed by atoms with Gasteiger partial charge in [-0.15, -0.1) is 0 Å². The zero-order chi connectivity index (χ0) is 23.4. The number of likely N-dealkylation sites (tertiary alicyclic amines) is 2. The minimum Gasteiger partial charge on any atom is -0.469 e. The van der Waals surface area contributed by atoms with Gasteiger partial charge in [0.2, 0.25) is 5.91 Å². The maximum Gasteiger partial charge on any atom is 0.311 e. The van der Waals surface area contributed by atoms with E-state index in [0.29, 0.717) is 44.8 Å². The summed E-state index contributed by atoms with van der Waals surface area (Å²) in [6.07, 6.45) is 1.06. The summed E-state index contributed by atoms with van der Waals surface area (Å²) in [5.41, 5.74) is -0.676. The third-order valence-corrected chi connectivity index (χ3v) is 6.54. The Bertz CT molecular complexity index is 995. The van der Waals surface area contributed by atoms with Crippen molar-refractivity contribution in [2.75, 3.05) is 40.5 Å². The van der Waals surface area contributed by atoms with E-state index in [0.717, 1.165) is 0 Å². The number of methoxy groups -OCH3 is 2. The second kappa shape index (κ2) is 9.66. The highest BCUT2D eigenvalue weighted by Gasteiger charge is 2.57. The molecule has 1 unspecified atom stereocenters. The third kappa shape index (κ3) is 4.45. The number of nitrogens with zero attached hydrogens (tertiary/aromatic N) is 2. The predicted molar refractivity (Wildman–Crippen MR) is 117 cm³/mol. The molecule has 3 heterocycles. The molecule has 0 aliphatic carbocycles. The Morgan fingerprint density at radius 2 is 1.82 bits per heavy atom. The minimum absolute atomic E-state index is 0.0871. The van der Waals surface area contributed by atoms with Gasteiger partial charge in [0.25, 0.3) is 11.9 Å². The lowest BCUT2D eigenvalue weighted by atomic mass is 9.76. The zero-order valence-electron chi connectivity index (χ0n) is 18.8. The lowest BCUT2D eigenvalue weighted by molar-refractivity contribution is -0.150. The van der Waals surface area contributed by atoms with Crippen molar-refractivity contribution in [2.24, 2.45) is 5.92 Å². The van der Waals surface area contributed by atoms with Crippen LogP contribution in [0.3, 0.4) is 0 Å². The Labute approximate surface area is 192 Å². The van der Waals surface area contributed by atoms with Gasteiger partial charge in [0.15, 0.2) is 5.76 Å². The van der Waals surface area contributed by atoms with E-state index in [1.807, 2.05) is 18.2 Å². The van der Waals surface area contributed by atoms with Crippen molar-refractivity contribution in [2.45, 2.75) is 24.8 Å². The van der Waals surface area contributed by atoms with Gasteiger partial charge in [-0.05, 0) is 31.0 Å². The van der Waals surface area contributed by atoms with Gasteiger partial charge in [-0.2, -0.15) is 0 Å². The second-order valence-electron chi connectivity index (χ2n) is 8.25. The summed E-state index contributed by atoms with van der Waals surface area (Å²) in [6.45, 7) is 1.55. The van der Waals surface area contributed by atoms with Crippen LogP contribution < -0.4 is 4.74 Å². The van der Waals surface area contributed by atoms with Crippen LogP contribution in [-0.2, 0) is 19.1 Å². The van der Waals surface area contributed by atoms with Gasteiger partial charge in [0.05, 0.1) is 25.2 Å². The van der Waals surface area contributed by atoms with Crippen LogP contribution in [0.4, 0.5) is 0 Å². The van der Waals surface area contributed by atoms with Crippen LogP contribution in [0, 0.1) is 5.92 Å². The van der Waals surface area contributed by atoms with Gasteiger partial charge in [-0.1, -0.05) is 18.2 Å². The Hall–Kier alpha value is -3.33. The summed E-state index contributed by atoms with van der Waals surface area (Å²) in [7, 11) is 2.91. The van der Waals surface area contributed by atoms with Gasteiger partial charge < -0.3 is 28.4 Å². The number of carbonyl (C=O) groups excluding carboxylic acids is 3. The summed E-state index contributed by atoms with van der Waals surface area (Å²) in [4.78, 5) is 41.7. The number of esters is 1. The van der Waals surface area contributed by atoms with Crippen molar-refractivity contribution >= 4 is 17.8 Å². The molecule has 0 saturated carbocycles. The molecule has 0 bridgehead atoms. The van der Waals surface area contributed by atoms with Gasteiger partial charge >= 0.3 is 5.97 Å². The summed E-state index contributed by atoms with van der Waals surface area (Å²) < 4.78 is 21.4. The fourth-order valence-electron chi connectivity index (χ4n) is 4.85. The first-order valence-electron chi connectivity index (χ1n) is 11.0. The lowest BCUT2D eigenvalue weighted by Crippen LogP contribution is -2.58. The highest BCUT2D eigenvalue weighted by atomic mass is 16.6. The zero-order valence-corrected chi connectivity index (χ0v) is 18.8. The van der Waals surface area contributed by atoms with Crippen molar-refractivity contribution in [3.05, 3.63) is 48.2 Å². The predicted octanol–water partition coefficient (Wildman–Crippen LogP) is 2.71. The second-order valence-corrected chi connectivity index (χ2v) is 8.25. The number of para-hydroxylation sites is 1. The number of hydrogen-bond acceptors (Lipinski definition) is 7. The average Bonchev–Trinajstić information content (AvgIpc) is 3.40. The molecule has 2 aliphatic heterocycles. The number of ether oxygens (including phenoxy) is 3. The molecule has 1 aromatic carbocycles. The molecule has 0 N–H and O–H groups in total. The molecule has 1 spiro atoms. The molecule has 2 saturated heterocycles. The van der Waals surface area contributed by atoms with Gasteiger partial charge in [-0.25, -0.2) is 0 Å². The van der Waals surface area contributed by atoms with E-state index in [-0.39, 0.29) is 29.9 Å². The lowest BCUT2D eigenvalue weighted by Gasteiger charge is -2.46. The fraction of sp³-hybridized carbons (Fsp3) is 0.458. The SMILES string of the molecule is COCCN1C(=O)CC(C(=O)OC)C12CCN(C(=O)c1ccc(Oc3ccccc3)o1)CC2. The first-order valence-corrected chi connectivity index (χ1v) is 11.0. The standard InChI is InChI=1S/C24H28N2O7/c1-30-15-14-26-20(27)16-18(23(29)31-2)24(26)10-12-25(13-11-24)22(28)19-8-9-21(33-19)32-17-6-4-3-5-7-17/h3-9,18H,10-16H2,1-2H3. The summed E-state index contributed by atoms with van der Waals surface area (Å²) >= 11 is 0. The average molecular weight is 456 g/mol. The van der Waals surface area contributed by atoms with Gasteiger partial charge in [0, 0.05) is 39.2 Å². The Morgan fingerprint density at radius 1 is 1.09 bits per heavy atom. The van der Waals surface area contributed by atoms with Crippen molar-refractivity contribution in [3.8, 4) is 11.7 Å². The van der Waals surface area contributed by atoms with Crippen molar-refractivity contribution in [1.82, 2.24) is 9.80 Å². The van der Waals surface area contributed by atoms with E-state index < -0.39 is 17.4 Å². The van der Waals surface area contributed by atoms with Crippen molar-refractivity contribution in [1.29, 1.82) is 0 Å². The van der Waals surface area contributed by atoms with E-state index in [2.05, 4.69) is 0 Å². The Morgan fingerprint density at radius 3 is 2.48 bits per heavy atom. The van der Waals surface area contributed by atoms with E-state index in [1.165, 1.54) is 7.11 Å². The van der Waals surface area contributed by atoms with Gasteiger partial charge in [0.1, 0.15) is 5.75 Å². The minimum atomic E-state index is -0.676. The summed E-state index contributed by atoms with van der Waals surface area (Å²) in [5, 5.41) is 0. The number of amides is 2. The molecule has 2 amide bonds. The van der Waals surface area contributed by atoms with Gasteiger partial charge in [-0.3, -0.25) is 14.4 Å². The molecular formula is C24H28N2O7. The van der Waals surface area contributed by atoms with Crippen LogP contribution in [0.25, 0.3) is 0 Å². The highest BCUT2D eigenvalue weighted by Crippen LogP contribution is 2.44. The monoisotopic (exact) mass is 456 g/mol. The number of piperidine rings is 1. The maximum atomic E-state index is 13.0. The molecule has 1 atom stereocenters. The van der Waals surface area contributed by atoms with E-state index in [1.54, 1.807) is 41.2 Å². The van der Waals surface area contributed by atoms with Crippen molar-refractivity contribution in [3.63, 3.8) is 0 Å². The molecular weight excluding hydrogens is 428 g/mol. The van der Waals surface area contributed by atoms with Crippen LogP contribution in [0.5, 0.6) is 11.7 Å². The number of carbonyl (C=O) groups is 3.